The molecule has 0 aliphatic heterocycles. The van der Waals surface area contributed by atoms with Gasteiger partial charge in [0.2, 0.25) is 12.2 Å². The van der Waals surface area contributed by atoms with Crippen molar-refractivity contribution in [2.75, 3.05) is 19.8 Å². The standard InChI is InChI=1S/C6H14O3.2CHNO/c1-2-6(3-7,4-8)5-9;2*2-1-3/h7-9H,2-5H2,1H3;2*2H. The van der Waals surface area contributed by atoms with Crippen LogP contribution in [0.2, 0.25) is 0 Å². The van der Waals surface area contributed by atoms with E-state index in [2.05, 4.69) is 0 Å². The molecule has 0 aliphatic rings. The van der Waals surface area contributed by atoms with Gasteiger partial charge < -0.3 is 15.3 Å². The summed E-state index contributed by atoms with van der Waals surface area (Å²) in [5, 5.41) is 36.8. The molecule has 0 unspecified atom stereocenters. The molecule has 0 aromatic rings. The van der Waals surface area contributed by atoms with Gasteiger partial charge in [-0.3, -0.25) is 0 Å². The molecule has 0 atom stereocenters. The van der Waals surface area contributed by atoms with Crippen molar-refractivity contribution in [3.8, 4) is 0 Å². The van der Waals surface area contributed by atoms with Crippen molar-refractivity contribution in [1.82, 2.24) is 0 Å². The molecule has 0 amide bonds. The van der Waals surface area contributed by atoms with Crippen LogP contribution in [0.15, 0.2) is 0 Å². The molecule has 15 heavy (non-hydrogen) atoms. The van der Waals surface area contributed by atoms with Gasteiger partial charge in [0.1, 0.15) is 0 Å². The van der Waals surface area contributed by atoms with Crippen molar-refractivity contribution in [2.45, 2.75) is 13.3 Å². The van der Waals surface area contributed by atoms with Crippen LogP contribution in [-0.4, -0.2) is 47.3 Å². The summed E-state index contributed by atoms with van der Waals surface area (Å²) in [6.45, 7) is 1.35. The normalized spacial score (nSPS) is 8.27. The van der Waals surface area contributed by atoms with Gasteiger partial charge in [0.15, 0.2) is 0 Å². The van der Waals surface area contributed by atoms with Crippen molar-refractivity contribution in [1.29, 1.82) is 10.8 Å². The molecule has 0 fully saturated rings. The van der Waals surface area contributed by atoms with Crippen LogP contribution in [0, 0.1) is 16.2 Å². The Labute approximate surface area is 87.4 Å². The first kappa shape index (κ1) is 19.2. The van der Waals surface area contributed by atoms with Crippen molar-refractivity contribution in [3.05, 3.63) is 0 Å². The van der Waals surface area contributed by atoms with Crippen LogP contribution >= 0.6 is 0 Å². The van der Waals surface area contributed by atoms with E-state index in [-0.39, 0.29) is 19.8 Å². The van der Waals surface area contributed by atoms with Crippen LogP contribution in [-0.2, 0) is 9.59 Å². The van der Waals surface area contributed by atoms with E-state index in [9.17, 15) is 0 Å². The molecule has 5 N–H and O–H groups in total. The molecule has 7 nitrogen and oxygen atoms in total. The van der Waals surface area contributed by atoms with Crippen LogP contribution in [0.4, 0.5) is 0 Å². The van der Waals surface area contributed by atoms with E-state index >= 15 is 0 Å². The van der Waals surface area contributed by atoms with E-state index in [0.29, 0.717) is 6.42 Å². The Kier molecular flexibility index (Phi) is 19.4. The number of hydrogen-bond donors (Lipinski definition) is 5. The van der Waals surface area contributed by atoms with Gasteiger partial charge in [-0.15, -0.1) is 0 Å². The van der Waals surface area contributed by atoms with Crippen LogP contribution in [0.3, 0.4) is 0 Å². The number of nitrogens with one attached hydrogen (secondary N) is 2. The molecule has 88 valence electrons. The summed E-state index contributed by atoms with van der Waals surface area (Å²) in [6.07, 6.45) is 2.09. The molecule has 0 saturated carbocycles. The second kappa shape index (κ2) is 15.1. The van der Waals surface area contributed by atoms with Gasteiger partial charge in [0.25, 0.3) is 0 Å². The predicted octanol–water partition coefficient (Wildman–Crippen LogP) is -0.838. The molecule has 0 radical (unpaired) electrons. The number of aliphatic hydroxyl groups is 3. The number of isocyanates is 2. The molecule has 0 bridgehead atoms. The summed E-state index contributed by atoms with van der Waals surface area (Å²) in [5.41, 5.74) is -0.667. The molecule has 0 spiro atoms. The maximum Gasteiger partial charge on any atom is 0.231 e. The molecule has 0 saturated heterocycles. The van der Waals surface area contributed by atoms with Gasteiger partial charge in [0.05, 0.1) is 19.8 Å². The van der Waals surface area contributed by atoms with Crippen molar-refractivity contribution in [2.24, 2.45) is 5.41 Å². The topological polar surface area (TPSA) is 143 Å². The maximum absolute atomic E-state index is 8.66. The van der Waals surface area contributed by atoms with Gasteiger partial charge in [-0.25, -0.2) is 20.4 Å². The summed E-state index contributed by atoms with van der Waals surface area (Å²) >= 11 is 0. The van der Waals surface area contributed by atoms with Gasteiger partial charge in [-0.2, -0.15) is 0 Å². The van der Waals surface area contributed by atoms with E-state index in [1.807, 2.05) is 6.92 Å². The number of hydrogen-bond acceptors (Lipinski definition) is 7. The number of carbonyl (C=O) groups excluding carboxylic acids is 2. The largest absolute Gasteiger partial charge is 0.396 e. The summed E-state index contributed by atoms with van der Waals surface area (Å²) in [4.78, 5) is 16.7. The smallest absolute Gasteiger partial charge is 0.231 e. The summed E-state index contributed by atoms with van der Waals surface area (Å²) in [5.74, 6) is 0. The van der Waals surface area contributed by atoms with E-state index in [1.54, 1.807) is 0 Å². The maximum atomic E-state index is 8.66. The zero-order valence-electron chi connectivity index (χ0n) is 8.49. The fourth-order valence-corrected chi connectivity index (χ4v) is 0.485. The Hall–Kier alpha value is -1.36. The van der Waals surface area contributed by atoms with Crippen LogP contribution < -0.4 is 0 Å². The summed E-state index contributed by atoms with van der Waals surface area (Å²) < 4.78 is 0. The Morgan fingerprint density at radius 1 is 1.00 bits per heavy atom. The van der Waals surface area contributed by atoms with Crippen LogP contribution in [0.5, 0.6) is 0 Å². The second-order valence-electron chi connectivity index (χ2n) is 2.53. The number of rotatable bonds is 4. The SMILES string of the molecule is CCC(CO)(CO)CO.N=C=O.N=C=O. The first-order valence-electron chi connectivity index (χ1n) is 3.98. The van der Waals surface area contributed by atoms with Crippen molar-refractivity contribution in [3.63, 3.8) is 0 Å². The lowest BCUT2D eigenvalue weighted by molar-refractivity contribution is 0.00304. The minimum atomic E-state index is -0.667. The van der Waals surface area contributed by atoms with Gasteiger partial charge in [-0.05, 0) is 6.42 Å². The van der Waals surface area contributed by atoms with E-state index in [4.69, 9.17) is 35.7 Å². The highest BCUT2D eigenvalue weighted by molar-refractivity contribution is 5.26. The quantitative estimate of drug-likeness (QED) is 0.310. The monoisotopic (exact) mass is 220 g/mol. The molecule has 0 rings (SSSR count). The highest BCUT2D eigenvalue weighted by Crippen LogP contribution is 2.18. The van der Waals surface area contributed by atoms with Gasteiger partial charge >= 0.3 is 0 Å². The average Bonchev–Trinajstić information content (AvgIpc) is 2.24. The average molecular weight is 220 g/mol. The van der Waals surface area contributed by atoms with Crippen LogP contribution in [0.1, 0.15) is 13.3 Å². The molecule has 0 aromatic heterocycles. The van der Waals surface area contributed by atoms with Crippen molar-refractivity contribution >= 4 is 12.2 Å². The summed E-state index contributed by atoms with van der Waals surface area (Å²) in [7, 11) is 0. The molecule has 0 heterocycles. The fraction of sp³-hybridized carbons (Fsp3) is 0.750. The Morgan fingerprint density at radius 2 is 1.20 bits per heavy atom. The van der Waals surface area contributed by atoms with Gasteiger partial charge in [0, 0.05) is 5.41 Å². The lowest BCUT2D eigenvalue weighted by Gasteiger charge is -2.24. The molecule has 0 aromatic carbocycles. The molecule has 0 aliphatic carbocycles. The van der Waals surface area contributed by atoms with E-state index < -0.39 is 5.41 Å². The minimum Gasteiger partial charge on any atom is -0.396 e. The second-order valence-corrected chi connectivity index (χ2v) is 2.53. The Bertz CT molecular complexity index is 162. The highest BCUT2D eigenvalue weighted by Gasteiger charge is 2.24. The molecular weight excluding hydrogens is 204 g/mol. The molecular formula is C8H16N2O5. The highest BCUT2D eigenvalue weighted by atomic mass is 16.3. The fourth-order valence-electron chi connectivity index (χ4n) is 0.485. The Balaban J connectivity index is -0.000000200. The minimum absolute atomic E-state index is 0.156. The molecule has 7 heteroatoms. The van der Waals surface area contributed by atoms with Crippen LogP contribution in [0.25, 0.3) is 0 Å². The number of aliphatic hydroxyl groups excluding tert-OH is 3. The zero-order chi connectivity index (χ0) is 12.7. The summed E-state index contributed by atoms with van der Waals surface area (Å²) in [6, 6.07) is 0. The first-order chi connectivity index (χ1) is 7.07. The van der Waals surface area contributed by atoms with E-state index in [0.717, 1.165) is 12.2 Å². The van der Waals surface area contributed by atoms with Crippen molar-refractivity contribution < 1.29 is 24.9 Å². The predicted molar refractivity (Wildman–Crippen MR) is 50.8 cm³/mol. The lowest BCUT2D eigenvalue weighted by Crippen LogP contribution is -2.32. The third kappa shape index (κ3) is 12.6. The zero-order valence-corrected chi connectivity index (χ0v) is 8.49. The lowest BCUT2D eigenvalue weighted by atomic mass is 9.88. The van der Waals surface area contributed by atoms with E-state index in [1.165, 1.54) is 0 Å². The third-order valence-electron chi connectivity index (χ3n) is 1.76. The first-order valence-corrected chi connectivity index (χ1v) is 3.98. The van der Waals surface area contributed by atoms with Gasteiger partial charge in [-0.1, -0.05) is 6.92 Å². The Morgan fingerprint density at radius 3 is 1.20 bits per heavy atom. The third-order valence-corrected chi connectivity index (χ3v) is 1.76.